The predicted molar refractivity (Wildman–Crippen MR) is 71.1 cm³/mol. The van der Waals surface area contributed by atoms with E-state index in [1.807, 2.05) is 25.1 Å². The Morgan fingerprint density at radius 1 is 1.24 bits per heavy atom. The van der Waals surface area contributed by atoms with Gasteiger partial charge in [0.1, 0.15) is 5.75 Å². The van der Waals surface area contributed by atoms with E-state index < -0.39 is 0 Å². The van der Waals surface area contributed by atoms with Gasteiger partial charge in [-0.15, -0.1) is 0 Å². The second kappa shape index (κ2) is 5.09. The molecule has 2 unspecified atom stereocenters. The van der Waals surface area contributed by atoms with Gasteiger partial charge < -0.3 is 5.11 Å². The number of benzene rings is 1. The molecule has 2 heteroatoms. The first-order valence-corrected chi connectivity index (χ1v) is 6.56. The highest BCUT2D eigenvalue weighted by Crippen LogP contribution is 2.26. The van der Waals surface area contributed by atoms with E-state index in [0.717, 1.165) is 42.6 Å². The molecular formula is C15H23NO. The van der Waals surface area contributed by atoms with Crippen LogP contribution in [0.5, 0.6) is 5.75 Å². The topological polar surface area (TPSA) is 23.5 Å². The number of hydrogen-bond acceptors (Lipinski definition) is 2. The Hall–Kier alpha value is -1.02. The molecule has 1 aromatic rings. The number of phenolic OH excluding ortho intramolecular Hbond substituents is 1. The van der Waals surface area contributed by atoms with E-state index in [0.29, 0.717) is 5.75 Å². The maximum absolute atomic E-state index is 10.0. The third-order valence-electron chi connectivity index (χ3n) is 3.66. The fraction of sp³-hybridized carbons (Fsp3) is 0.600. The minimum Gasteiger partial charge on any atom is -0.507 e. The molecule has 0 amide bonds. The summed E-state index contributed by atoms with van der Waals surface area (Å²) in [5.41, 5.74) is 2.03. The van der Waals surface area contributed by atoms with Crippen molar-refractivity contribution in [2.75, 3.05) is 13.1 Å². The lowest BCUT2D eigenvalue weighted by molar-refractivity contribution is 0.133. The maximum Gasteiger partial charge on any atom is 0.122 e. The van der Waals surface area contributed by atoms with Gasteiger partial charge in [-0.05, 0) is 30.7 Å². The van der Waals surface area contributed by atoms with Gasteiger partial charge in [-0.25, -0.2) is 0 Å². The molecular weight excluding hydrogens is 210 g/mol. The summed E-state index contributed by atoms with van der Waals surface area (Å²) in [5, 5.41) is 10.0. The number of piperidine rings is 1. The second-order valence-corrected chi connectivity index (χ2v) is 5.72. The van der Waals surface area contributed by atoms with Crippen LogP contribution >= 0.6 is 0 Å². The quantitative estimate of drug-likeness (QED) is 0.848. The minimum absolute atomic E-state index is 0.471. The van der Waals surface area contributed by atoms with Crippen LogP contribution in [0.1, 0.15) is 31.4 Å². The molecule has 1 fully saturated rings. The van der Waals surface area contributed by atoms with Crippen LogP contribution in [0.2, 0.25) is 0 Å². The average Bonchev–Trinajstić information content (AvgIpc) is 2.23. The van der Waals surface area contributed by atoms with E-state index in [-0.39, 0.29) is 0 Å². The van der Waals surface area contributed by atoms with Gasteiger partial charge in [-0.3, -0.25) is 4.90 Å². The second-order valence-electron chi connectivity index (χ2n) is 5.72. The third kappa shape index (κ3) is 3.01. The lowest BCUT2D eigenvalue weighted by Crippen LogP contribution is -2.38. The van der Waals surface area contributed by atoms with Crippen LogP contribution < -0.4 is 0 Å². The lowest BCUT2D eigenvalue weighted by atomic mass is 9.91. The number of aromatic hydroxyl groups is 1. The molecule has 1 aliphatic heterocycles. The summed E-state index contributed by atoms with van der Waals surface area (Å²) in [6.45, 7) is 9.77. The molecule has 0 aromatic heterocycles. The van der Waals surface area contributed by atoms with Gasteiger partial charge in [0.2, 0.25) is 0 Å². The normalized spacial score (nSPS) is 26.1. The van der Waals surface area contributed by atoms with E-state index >= 15 is 0 Å². The number of para-hydroxylation sites is 1. The zero-order valence-electron chi connectivity index (χ0n) is 11.1. The Balaban J connectivity index is 2.07. The Labute approximate surface area is 104 Å². The molecule has 17 heavy (non-hydrogen) atoms. The van der Waals surface area contributed by atoms with Crippen LogP contribution in [0, 0.1) is 18.8 Å². The van der Waals surface area contributed by atoms with Gasteiger partial charge >= 0.3 is 0 Å². The predicted octanol–water partition coefficient (Wildman–Crippen LogP) is 3.18. The highest BCUT2D eigenvalue weighted by Gasteiger charge is 2.22. The molecule has 0 spiro atoms. The molecule has 1 aliphatic rings. The monoisotopic (exact) mass is 233 g/mol. The van der Waals surface area contributed by atoms with E-state index in [4.69, 9.17) is 0 Å². The Morgan fingerprint density at radius 2 is 1.88 bits per heavy atom. The number of aryl methyl sites for hydroxylation is 1. The summed E-state index contributed by atoms with van der Waals surface area (Å²) < 4.78 is 0. The summed E-state index contributed by atoms with van der Waals surface area (Å²) in [6.07, 6.45) is 1.33. The number of nitrogens with zero attached hydrogens (tertiary/aromatic N) is 1. The van der Waals surface area contributed by atoms with E-state index in [9.17, 15) is 5.11 Å². The molecule has 1 N–H and O–H groups in total. The number of phenols is 1. The molecule has 1 saturated heterocycles. The zero-order valence-corrected chi connectivity index (χ0v) is 11.1. The van der Waals surface area contributed by atoms with Crippen LogP contribution in [-0.2, 0) is 6.54 Å². The first kappa shape index (κ1) is 12.4. The molecule has 0 aliphatic carbocycles. The lowest BCUT2D eigenvalue weighted by Gasteiger charge is -2.35. The van der Waals surface area contributed by atoms with Crippen LogP contribution in [0.4, 0.5) is 0 Å². The zero-order chi connectivity index (χ0) is 12.4. The van der Waals surface area contributed by atoms with Gasteiger partial charge in [0, 0.05) is 25.2 Å². The Morgan fingerprint density at radius 3 is 2.53 bits per heavy atom. The molecule has 0 saturated carbocycles. The van der Waals surface area contributed by atoms with Crippen molar-refractivity contribution in [3.8, 4) is 5.75 Å². The highest BCUT2D eigenvalue weighted by molar-refractivity contribution is 5.39. The average molecular weight is 233 g/mol. The Bertz CT molecular complexity index is 379. The van der Waals surface area contributed by atoms with Crippen molar-refractivity contribution in [1.29, 1.82) is 0 Å². The minimum atomic E-state index is 0.471. The van der Waals surface area contributed by atoms with Gasteiger partial charge in [-0.2, -0.15) is 0 Å². The number of likely N-dealkylation sites (tertiary alicyclic amines) is 1. The largest absolute Gasteiger partial charge is 0.507 e. The molecule has 1 heterocycles. The molecule has 1 aromatic carbocycles. The molecule has 0 radical (unpaired) electrons. The van der Waals surface area contributed by atoms with Crippen LogP contribution in [0.3, 0.4) is 0 Å². The molecule has 94 valence electrons. The van der Waals surface area contributed by atoms with Crippen molar-refractivity contribution in [2.24, 2.45) is 11.8 Å². The number of rotatable bonds is 2. The molecule has 0 bridgehead atoms. The highest BCUT2D eigenvalue weighted by atomic mass is 16.3. The first-order valence-electron chi connectivity index (χ1n) is 6.56. The maximum atomic E-state index is 10.0. The van der Waals surface area contributed by atoms with E-state index in [1.165, 1.54) is 6.42 Å². The van der Waals surface area contributed by atoms with Gasteiger partial charge in [0.05, 0.1) is 0 Å². The van der Waals surface area contributed by atoms with Crippen molar-refractivity contribution >= 4 is 0 Å². The fourth-order valence-electron chi connectivity index (χ4n) is 3.01. The summed E-state index contributed by atoms with van der Waals surface area (Å²) in [4.78, 5) is 2.47. The standard InChI is InChI=1S/C15H23NO/c1-11-7-12(2)9-16(8-11)10-14-6-4-5-13(3)15(14)17/h4-6,11-12,17H,7-10H2,1-3H3. The van der Waals surface area contributed by atoms with Crippen molar-refractivity contribution in [3.05, 3.63) is 29.3 Å². The summed E-state index contributed by atoms with van der Waals surface area (Å²) in [7, 11) is 0. The summed E-state index contributed by atoms with van der Waals surface area (Å²) >= 11 is 0. The summed E-state index contributed by atoms with van der Waals surface area (Å²) in [5.74, 6) is 2.01. The van der Waals surface area contributed by atoms with Gasteiger partial charge in [0.15, 0.2) is 0 Å². The fourth-order valence-corrected chi connectivity index (χ4v) is 3.01. The SMILES string of the molecule is Cc1cccc(CN2CC(C)CC(C)C2)c1O. The van der Waals surface area contributed by atoms with Gasteiger partial charge in [-0.1, -0.05) is 32.0 Å². The third-order valence-corrected chi connectivity index (χ3v) is 3.66. The van der Waals surface area contributed by atoms with Gasteiger partial charge in [0.25, 0.3) is 0 Å². The molecule has 2 atom stereocenters. The molecule has 2 rings (SSSR count). The van der Waals surface area contributed by atoms with E-state index in [1.54, 1.807) is 0 Å². The van der Waals surface area contributed by atoms with Crippen molar-refractivity contribution in [2.45, 2.75) is 33.7 Å². The van der Waals surface area contributed by atoms with Crippen molar-refractivity contribution in [3.63, 3.8) is 0 Å². The van der Waals surface area contributed by atoms with E-state index in [2.05, 4.69) is 18.7 Å². The smallest absolute Gasteiger partial charge is 0.122 e. The Kier molecular flexibility index (Phi) is 3.72. The first-order chi connectivity index (χ1) is 8.06. The number of hydrogen-bond donors (Lipinski definition) is 1. The van der Waals surface area contributed by atoms with Crippen LogP contribution in [0.15, 0.2) is 18.2 Å². The molecule has 2 nitrogen and oxygen atoms in total. The van der Waals surface area contributed by atoms with Crippen LogP contribution in [0.25, 0.3) is 0 Å². The van der Waals surface area contributed by atoms with Crippen LogP contribution in [-0.4, -0.2) is 23.1 Å². The summed E-state index contributed by atoms with van der Waals surface area (Å²) in [6, 6.07) is 6.02. The van der Waals surface area contributed by atoms with Crippen molar-refractivity contribution in [1.82, 2.24) is 4.90 Å². The van der Waals surface area contributed by atoms with Crippen molar-refractivity contribution < 1.29 is 5.11 Å².